The van der Waals surface area contributed by atoms with Gasteiger partial charge in [0.05, 0.1) is 18.2 Å². The average Bonchev–Trinajstić information content (AvgIpc) is 2.75. The number of aliphatic hydroxyl groups excluding tert-OH is 1. The molecule has 0 saturated carbocycles. The van der Waals surface area contributed by atoms with Gasteiger partial charge in [0.25, 0.3) is 0 Å². The van der Waals surface area contributed by atoms with Crippen LogP contribution in [-0.4, -0.2) is 23.3 Å². The monoisotopic (exact) mass is 263 g/mol. The van der Waals surface area contributed by atoms with Crippen LogP contribution in [0.5, 0.6) is 5.75 Å². The highest BCUT2D eigenvalue weighted by atomic mass is 32.1. The molecule has 2 rings (SSSR count). The van der Waals surface area contributed by atoms with Crippen molar-refractivity contribution in [2.24, 2.45) is 0 Å². The molecule has 0 bridgehead atoms. The largest absolute Gasteiger partial charge is 0.497 e. The summed E-state index contributed by atoms with van der Waals surface area (Å²) in [5.74, 6) is 0.837. The number of thiazole rings is 1. The molecule has 0 aliphatic carbocycles. The van der Waals surface area contributed by atoms with Crippen LogP contribution in [0.1, 0.15) is 16.3 Å². The quantitative estimate of drug-likeness (QED) is 0.901. The van der Waals surface area contributed by atoms with E-state index in [9.17, 15) is 5.11 Å². The highest BCUT2D eigenvalue weighted by Crippen LogP contribution is 2.16. The van der Waals surface area contributed by atoms with Crippen LogP contribution in [0.3, 0.4) is 0 Å². The third kappa shape index (κ3) is 3.55. The molecule has 0 fully saturated rings. The number of aromatic nitrogens is 1. The van der Waals surface area contributed by atoms with E-state index in [1.807, 2.05) is 36.6 Å². The number of aliphatic hydroxyl groups is 1. The fraction of sp³-hybridized carbons (Fsp3) is 0.357. The van der Waals surface area contributed by atoms with Crippen LogP contribution >= 0.6 is 11.3 Å². The second-order valence-electron chi connectivity index (χ2n) is 4.29. The first kappa shape index (κ1) is 13.1. The Kier molecular flexibility index (Phi) is 4.33. The molecule has 1 N–H and O–H groups in total. The summed E-state index contributed by atoms with van der Waals surface area (Å²) in [5, 5.41) is 13.0. The van der Waals surface area contributed by atoms with Crippen LogP contribution in [0.2, 0.25) is 0 Å². The first-order valence-electron chi connectivity index (χ1n) is 5.89. The minimum absolute atomic E-state index is 0.385. The third-order valence-electron chi connectivity index (χ3n) is 2.71. The molecule has 0 radical (unpaired) electrons. The Morgan fingerprint density at radius 2 is 2.00 bits per heavy atom. The molecule has 0 amide bonds. The molecule has 1 aromatic heterocycles. The van der Waals surface area contributed by atoms with Crippen LogP contribution in [0, 0.1) is 6.92 Å². The fourth-order valence-corrected chi connectivity index (χ4v) is 2.65. The summed E-state index contributed by atoms with van der Waals surface area (Å²) in [5.41, 5.74) is 2.13. The van der Waals surface area contributed by atoms with Crippen molar-refractivity contribution in [1.82, 2.24) is 4.98 Å². The van der Waals surface area contributed by atoms with E-state index in [4.69, 9.17) is 4.74 Å². The predicted octanol–water partition coefficient (Wildman–Crippen LogP) is 2.61. The lowest BCUT2D eigenvalue weighted by molar-refractivity contribution is 0.175. The lowest BCUT2D eigenvalue weighted by Gasteiger charge is -2.09. The van der Waals surface area contributed by atoms with Crippen LogP contribution < -0.4 is 4.74 Å². The summed E-state index contributed by atoms with van der Waals surface area (Å²) in [6, 6.07) is 7.79. The van der Waals surface area contributed by atoms with Crippen molar-refractivity contribution in [2.75, 3.05) is 7.11 Å². The number of ether oxygens (including phenoxy) is 1. The third-order valence-corrected chi connectivity index (χ3v) is 3.70. The molecular formula is C14H17NO2S. The smallest absolute Gasteiger partial charge is 0.118 e. The molecule has 1 unspecified atom stereocenters. The standard InChI is InChI=1S/C14H17NO2S/c1-10-9-18-14(15-10)8-12(16)7-11-3-5-13(17-2)6-4-11/h3-6,9,12,16H,7-8H2,1-2H3. The Balaban J connectivity index is 1.91. The van der Waals surface area contributed by atoms with Gasteiger partial charge in [-0.3, -0.25) is 0 Å². The zero-order valence-electron chi connectivity index (χ0n) is 10.6. The van der Waals surface area contributed by atoms with Gasteiger partial charge in [-0.1, -0.05) is 12.1 Å². The van der Waals surface area contributed by atoms with Crippen LogP contribution in [-0.2, 0) is 12.8 Å². The number of benzene rings is 1. The zero-order valence-corrected chi connectivity index (χ0v) is 11.4. The number of aryl methyl sites for hydroxylation is 1. The minimum Gasteiger partial charge on any atom is -0.497 e. The van der Waals surface area contributed by atoms with Crippen LogP contribution in [0.15, 0.2) is 29.6 Å². The molecule has 0 aliphatic rings. The molecule has 1 atom stereocenters. The van der Waals surface area contributed by atoms with Gasteiger partial charge in [-0.15, -0.1) is 11.3 Å². The molecule has 96 valence electrons. The molecule has 1 heterocycles. The van der Waals surface area contributed by atoms with Crippen molar-refractivity contribution in [3.63, 3.8) is 0 Å². The predicted molar refractivity (Wildman–Crippen MR) is 73.3 cm³/mol. The van der Waals surface area contributed by atoms with E-state index in [-0.39, 0.29) is 6.10 Å². The van der Waals surface area contributed by atoms with E-state index in [1.165, 1.54) is 0 Å². The van der Waals surface area contributed by atoms with Gasteiger partial charge in [-0.05, 0) is 31.0 Å². The summed E-state index contributed by atoms with van der Waals surface area (Å²) in [7, 11) is 1.65. The highest BCUT2D eigenvalue weighted by molar-refractivity contribution is 7.09. The molecule has 4 heteroatoms. The Bertz CT molecular complexity index is 493. The van der Waals surface area contributed by atoms with Crippen molar-refractivity contribution >= 4 is 11.3 Å². The van der Waals surface area contributed by atoms with Gasteiger partial charge in [-0.25, -0.2) is 4.98 Å². The molecule has 0 spiro atoms. The molecule has 1 aromatic carbocycles. The van der Waals surface area contributed by atoms with Crippen LogP contribution in [0.4, 0.5) is 0 Å². The molecule has 2 aromatic rings. The summed E-state index contributed by atoms with van der Waals surface area (Å²) in [6.45, 7) is 1.97. The first-order valence-corrected chi connectivity index (χ1v) is 6.77. The van der Waals surface area contributed by atoms with Gasteiger partial charge >= 0.3 is 0 Å². The number of hydrogen-bond acceptors (Lipinski definition) is 4. The van der Waals surface area contributed by atoms with E-state index in [0.717, 1.165) is 22.0 Å². The van der Waals surface area contributed by atoms with E-state index in [0.29, 0.717) is 12.8 Å². The second-order valence-corrected chi connectivity index (χ2v) is 5.24. The van der Waals surface area contributed by atoms with Crippen molar-refractivity contribution in [1.29, 1.82) is 0 Å². The summed E-state index contributed by atoms with van der Waals surface area (Å²) >= 11 is 1.60. The average molecular weight is 263 g/mol. The second kappa shape index (κ2) is 5.98. The maximum atomic E-state index is 10.0. The lowest BCUT2D eigenvalue weighted by Crippen LogP contribution is -2.13. The zero-order chi connectivity index (χ0) is 13.0. The maximum absolute atomic E-state index is 10.0. The van der Waals surface area contributed by atoms with E-state index < -0.39 is 0 Å². The number of methoxy groups -OCH3 is 1. The van der Waals surface area contributed by atoms with Gasteiger partial charge in [0.1, 0.15) is 5.75 Å². The summed E-state index contributed by atoms with van der Waals surface area (Å²) in [6.07, 6.45) is 0.872. The van der Waals surface area contributed by atoms with Crippen molar-refractivity contribution in [3.8, 4) is 5.75 Å². The van der Waals surface area contributed by atoms with E-state index >= 15 is 0 Å². The summed E-state index contributed by atoms with van der Waals surface area (Å²) in [4.78, 5) is 4.36. The molecule has 3 nitrogen and oxygen atoms in total. The number of nitrogens with zero attached hydrogens (tertiary/aromatic N) is 1. The van der Waals surface area contributed by atoms with Crippen molar-refractivity contribution < 1.29 is 9.84 Å². The molecular weight excluding hydrogens is 246 g/mol. The SMILES string of the molecule is COc1ccc(CC(O)Cc2nc(C)cs2)cc1. The lowest BCUT2D eigenvalue weighted by atomic mass is 10.1. The van der Waals surface area contributed by atoms with Gasteiger partial charge in [0.15, 0.2) is 0 Å². The first-order chi connectivity index (χ1) is 8.67. The van der Waals surface area contributed by atoms with Gasteiger partial charge < -0.3 is 9.84 Å². The molecule has 0 saturated heterocycles. The number of hydrogen-bond donors (Lipinski definition) is 1. The highest BCUT2D eigenvalue weighted by Gasteiger charge is 2.09. The maximum Gasteiger partial charge on any atom is 0.118 e. The van der Waals surface area contributed by atoms with Gasteiger partial charge in [0.2, 0.25) is 0 Å². The van der Waals surface area contributed by atoms with E-state index in [2.05, 4.69) is 4.98 Å². The number of rotatable bonds is 5. The van der Waals surface area contributed by atoms with Crippen molar-refractivity contribution in [2.45, 2.75) is 25.9 Å². The molecule has 0 aliphatic heterocycles. The Labute approximate surface area is 111 Å². The van der Waals surface area contributed by atoms with E-state index in [1.54, 1.807) is 18.4 Å². The Morgan fingerprint density at radius 3 is 2.56 bits per heavy atom. The topological polar surface area (TPSA) is 42.4 Å². The van der Waals surface area contributed by atoms with Crippen molar-refractivity contribution in [3.05, 3.63) is 45.9 Å². The Hall–Kier alpha value is -1.39. The minimum atomic E-state index is -0.385. The molecule has 18 heavy (non-hydrogen) atoms. The van der Waals surface area contributed by atoms with Gasteiger partial charge in [0, 0.05) is 17.5 Å². The van der Waals surface area contributed by atoms with Gasteiger partial charge in [-0.2, -0.15) is 0 Å². The fourth-order valence-electron chi connectivity index (χ4n) is 1.80. The van der Waals surface area contributed by atoms with Crippen LogP contribution in [0.25, 0.3) is 0 Å². The summed E-state index contributed by atoms with van der Waals surface area (Å²) < 4.78 is 5.10. The normalized spacial score (nSPS) is 12.4. The Morgan fingerprint density at radius 1 is 1.28 bits per heavy atom.